The van der Waals surface area contributed by atoms with Gasteiger partial charge < -0.3 is 9.64 Å². The van der Waals surface area contributed by atoms with E-state index < -0.39 is 29.7 Å². The Morgan fingerprint density at radius 1 is 1.61 bits per heavy atom. The molecule has 0 N–H and O–H groups in total. The summed E-state index contributed by atoms with van der Waals surface area (Å²) in [5, 5.41) is 9.10. The number of allylic oxidation sites excluding steroid dienone is 2. The molecule has 0 bridgehead atoms. The summed E-state index contributed by atoms with van der Waals surface area (Å²) >= 11 is 1.34. The molecule has 9 heteroatoms. The van der Waals surface area contributed by atoms with Crippen LogP contribution in [0.5, 0.6) is 0 Å². The molecule has 1 unspecified atom stereocenters. The minimum absolute atomic E-state index is 0.0179. The van der Waals surface area contributed by atoms with E-state index in [0.29, 0.717) is 17.5 Å². The highest BCUT2D eigenvalue weighted by molar-refractivity contribution is 8.14. The fraction of sp³-hybridized carbons (Fsp3) is 0.500. The molecule has 1 aliphatic heterocycles. The molecule has 124 valence electrons. The lowest BCUT2D eigenvalue weighted by Gasteiger charge is -2.36. The number of rotatable bonds is 3. The number of amidine groups is 1. The zero-order valence-corrected chi connectivity index (χ0v) is 13.1. The average Bonchev–Trinajstić information content (AvgIpc) is 2.84. The molecule has 5 nitrogen and oxygen atoms in total. The van der Waals surface area contributed by atoms with Crippen LogP contribution in [0.4, 0.5) is 13.2 Å². The molecule has 1 saturated heterocycles. The molecule has 0 aromatic heterocycles. The maximum Gasteiger partial charge on any atom is 0.412 e. The third kappa shape index (κ3) is 4.28. The van der Waals surface area contributed by atoms with Gasteiger partial charge in [0.05, 0.1) is 6.54 Å². The monoisotopic (exact) mass is 345 g/mol. The minimum atomic E-state index is -4.49. The second-order valence-corrected chi connectivity index (χ2v) is 6.21. The summed E-state index contributed by atoms with van der Waals surface area (Å²) in [7, 11) is 0. The van der Waals surface area contributed by atoms with Crippen LogP contribution >= 0.6 is 11.8 Å². The summed E-state index contributed by atoms with van der Waals surface area (Å²) < 4.78 is 44.3. The summed E-state index contributed by atoms with van der Waals surface area (Å²) in [6.07, 6.45) is 0.402. The van der Waals surface area contributed by atoms with Crippen molar-refractivity contribution < 1.29 is 22.7 Å². The smallest absolute Gasteiger partial charge is 0.412 e. The predicted molar refractivity (Wildman–Crippen MR) is 79.5 cm³/mol. The van der Waals surface area contributed by atoms with Crippen molar-refractivity contribution in [3.05, 3.63) is 23.8 Å². The Balaban J connectivity index is 2.26. The van der Waals surface area contributed by atoms with Crippen LogP contribution in [0.1, 0.15) is 13.3 Å². The molecule has 2 aliphatic rings. The van der Waals surface area contributed by atoms with Gasteiger partial charge in [-0.1, -0.05) is 23.9 Å². The fourth-order valence-corrected chi connectivity index (χ4v) is 3.46. The van der Waals surface area contributed by atoms with Crippen molar-refractivity contribution in [2.24, 2.45) is 4.99 Å². The number of hydrogen-bond acceptors (Lipinski definition) is 5. The van der Waals surface area contributed by atoms with E-state index in [1.807, 2.05) is 0 Å². The van der Waals surface area contributed by atoms with Crippen molar-refractivity contribution in [1.29, 1.82) is 5.26 Å². The zero-order valence-electron chi connectivity index (χ0n) is 12.3. The summed E-state index contributed by atoms with van der Waals surface area (Å²) in [5.41, 5.74) is -2.18. The second kappa shape index (κ2) is 6.66. The van der Waals surface area contributed by atoms with Gasteiger partial charge in [0.1, 0.15) is 0 Å². The van der Waals surface area contributed by atoms with Gasteiger partial charge in [-0.05, 0) is 6.08 Å². The van der Waals surface area contributed by atoms with Gasteiger partial charge in [0.15, 0.2) is 10.8 Å². The average molecular weight is 345 g/mol. The van der Waals surface area contributed by atoms with Gasteiger partial charge in [0.25, 0.3) is 0 Å². The van der Waals surface area contributed by atoms with Crippen LogP contribution < -0.4 is 0 Å². The maximum absolute atomic E-state index is 13.0. The quantitative estimate of drug-likeness (QED) is 0.581. The van der Waals surface area contributed by atoms with E-state index in [-0.39, 0.29) is 6.54 Å². The van der Waals surface area contributed by atoms with Crippen molar-refractivity contribution in [3.8, 4) is 6.19 Å². The van der Waals surface area contributed by atoms with Gasteiger partial charge in [-0.15, -0.1) is 4.99 Å². The van der Waals surface area contributed by atoms with E-state index in [1.54, 1.807) is 11.1 Å². The van der Waals surface area contributed by atoms with Crippen molar-refractivity contribution in [2.75, 3.05) is 18.8 Å². The van der Waals surface area contributed by atoms with E-state index in [9.17, 15) is 18.0 Å². The predicted octanol–water partition coefficient (Wildman–Crippen LogP) is 2.62. The Kier molecular flexibility index (Phi) is 5.04. The Bertz CT molecular complexity index is 622. The Morgan fingerprint density at radius 2 is 2.35 bits per heavy atom. The van der Waals surface area contributed by atoms with Crippen molar-refractivity contribution in [1.82, 2.24) is 4.90 Å². The lowest BCUT2D eigenvalue weighted by molar-refractivity contribution is -0.155. The standard InChI is InChI=1S/C14H14F3N3O2S/c1-10(21)22-13(4-2-3-11(7-13)14(15,16)17)8-20-5-6-23-12(20)19-9-18/h2-4H,5-8H2,1H3. The van der Waals surface area contributed by atoms with E-state index in [4.69, 9.17) is 10.00 Å². The number of nitriles is 1. The SMILES string of the molecule is CC(=O)OC1(CN2CCSC2=NC#N)C=CC=C(C(F)(F)F)C1. The summed E-state index contributed by atoms with van der Waals surface area (Å²) in [6.45, 7) is 1.70. The summed E-state index contributed by atoms with van der Waals surface area (Å²) in [4.78, 5) is 16.7. The number of alkyl halides is 3. The van der Waals surface area contributed by atoms with Crippen LogP contribution in [0.15, 0.2) is 28.8 Å². The van der Waals surface area contributed by atoms with Crippen LogP contribution in [0.2, 0.25) is 0 Å². The number of hydrogen-bond donors (Lipinski definition) is 0. The van der Waals surface area contributed by atoms with E-state index >= 15 is 0 Å². The molecule has 0 aromatic rings. The van der Waals surface area contributed by atoms with Crippen LogP contribution in [0, 0.1) is 11.5 Å². The van der Waals surface area contributed by atoms with Gasteiger partial charge in [-0.2, -0.15) is 18.4 Å². The Hall–Kier alpha value is -1.95. The highest BCUT2D eigenvalue weighted by Gasteiger charge is 2.44. The molecule has 1 fully saturated rings. The van der Waals surface area contributed by atoms with Crippen molar-refractivity contribution in [3.63, 3.8) is 0 Å². The number of ether oxygens (including phenoxy) is 1. The topological polar surface area (TPSA) is 65.7 Å². The first kappa shape index (κ1) is 17.4. The lowest BCUT2D eigenvalue weighted by Crippen LogP contribution is -2.47. The molecule has 0 amide bonds. The lowest BCUT2D eigenvalue weighted by atomic mass is 9.88. The molecular weight excluding hydrogens is 331 g/mol. The van der Waals surface area contributed by atoms with Gasteiger partial charge in [-0.25, -0.2) is 0 Å². The molecule has 2 rings (SSSR count). The van der Waals surface area contributed by atoms with Gasteiger partial charge in [-0.3, -0.25) is 4.79 Å². The molecule has 1 heterocycles. The molecule has 1 atom stereocenters. The van der Waals surface area contributed by atoms with E-state index in [2.05, 4.69) is 4.99 Å². The van der Waals surface area contributed by atoms with E-state index in [0.717, 1.165) is 13.0 Å². The molecule has 23 heavy (non-hydrogen) atoms. The molecule has 0 saturated carbocycles. The molecule has 0 spiro atoms. The third-order valence-electron chi connectivity index (χ3n) is 3.37. The Morgan fingerprint density at radius 3 is 2.96 bits per heavy atom. The van der Waals surface area contributed by atoms with Crippen molar-refractivity contribution in [2.45, 2.75) is 25.1 Å². The number of aliphatic imine (C=N–C) groups is 1. The van der Waals surface area contributed by atoms with Crippen LogP contribution in [-0.4, -0.2) is 46.7 Å². The van der Waals surface area contributed by atoms with Gasteiger partial charge in [0.2, 0.25) is 6.19 Å². The first-order valence-corrected chi connectivity index (χ1v) is 7.74. The first-order valence-electron chi connectivity index (χ1n) is 6.75. The normalized spacial score (nSPS) is 26.1. The number of carbonyl (C=O) groups excluding carboxylic acids is 1. The highest BCUT2D eigenvalue weighted by atomic mass is 32.2. The molecule has 1 aliphatic carbocycles. The number of thioether (sulfide) groups is 1. The summed E-state index contributed by atoms with van der Waals surface area (Å²) in [6, 6.07) is 0. The maximum atomic E-state index is 13.0. The molecular formula is C14H14F3N3O2S. The highest BCUT2D eigenvalue weighted by Crippen LogP contribution is 2.38. The first-order chi connectivity index (χ1) is 10.8. The van der Waals surface area contributed by atoms with Crippen LogP contribution in [0.25, 0.3) is 0 Å². The fourth-order valence-electron chi connectivity index (χ4n) is 2.52. The Labute approximate surface area is 135 Å². The van der Waals surface area contributed by atoms with Crippen LogP contribution in [0.3, 0.4) is 0 Å². The molecule has 0 radical (unpaired) electrons. The minimum Gasteiger partial charge on any atom is -0.453 e. The van der Waals surface area contributed by atoms with Crippen LogP contribution in [-0.2, 0) is 9.53 Å². The third-order valence-corrected chi connectivity index (χ3v) is 4.36. The number of halogens is 3. The zero-order chi connectivity index (χ0) is 17.1. The largest absolute Gasteiger partial charge is 0.453 e. The molecule has 0 aromatic carbocycles. The second-order valence-electron chi connectivity index (χ2n) is 5.15. The number of esters is 1. The van der Waals surface area contributed by atoms with Gasteiger partial charge in [0, 0.05) is 31.2 Å². The van der Waals surface area contributed by atoms with E-state index in [1.165, 1.54) is 23.9 Å². The van der Waals surface area contributed by atoms with Crippen molar-refractivity contribution >= 4 is 22.9 Å². The summed E-state index contributed by atoms with van der Waals surface area (Å²) in [5.74, 6) is 0.00575. The number of nitrogens with zero attached hydrogens (tertiary/aromatic N) is 3. The number of carbonyl (C=O) groups is 1. The van der Waals surface area contributed by atoms with Gasteiger partial charge >= 0.3 is 12.1 Å².